The first-order valence-electron chi connectivity index (χ1n) is 6.71. The average Bonchev–Trinajstić information content (AvgIpc) is 2.80. The molecule has 2 rings (SSSR count). The molecule has 2 aromatic rings. The molecule has 0 aliphatic rings. The van der Waals surface area contributed by atoms with Crippen LogP contribution in [0.3, 0.4) is 0 Å². The molecule has 0 radical (unpaired) electrons. The second kappa shape index (κ2) is 6.26. The number of nitrogens with one attached hydrogen (secondary N) is 1. The normalized spacial score (nSPS) is 12.6. The van der Waals surface area contributed by atoms with Crippen LogP contribution in [0.2, 0.25) is 0 Å². The molecule has 0 saturated heterocycles. The van der Waals surface area contributed by atoms with Gasteiger partial charge in [0.1, 0.15) is 0 Å². The van der Waals surface area contributed by atoms with Crippen molar-refractivity contribution in [2.24, 2.45) is 0 Å². The molecule has 0 fully saturated rings. The van der Waals surface area contributed by atoms with Crippen molar-refractivity contribution in [3.05, 3.63) is 44.9 Å². The molecule has 0 aliphatic heterocycles. The molecule has 0 bridgehead atoms. The zero-order valence-electron chi connectivity index (χ0n) is 12.0. The molecule has 1 atom stereocenters. The van der Waals surface area contributed by atoms with Crippen molar-refractivity contribution >= 4 is 11.3 Å². The summed E-state index contributed by atoms with van der Waals surface area (Å²) >= 11 is 1.79. The van der Waals surface area contributed by atoms with E-state index in [1.165, 1.54) is 16.0 Å². The Balaban J connectivity index is 2.39. The zero-order valence-corrected chi connectivity index (χ0v) is 12.8. The lowest BCUT2D eigenvalue weighted by Gasteiger charge is -2.19. The van der Waals surface area contributed by atoms with Crippen molar-refractivity contribution in [2.75, 3.05) is 6.54 Å². The minimum absolute atomic E-state index is 0.221. The molecule has 19 heavy (non-hydrogen) atoms. The van der Waals surface area contributed by atoms with Gasteiger partial charge in [-0.1, -0.05) is 6.92 Å². The van der Waals surface area contributed by atoms with Crippen LogP contribution in [-0.4, -0.2) is 16.7 Å². The first-order valence-corrected chi connectivity index (χ1v) is 7.59. The van der Waals surface area contributed by atoms with E-state index in [0.29, 0.717) is 0 Å². The third-order valence-corrected chi connectivity index (χ3v) is 4.01. The summed E-state index contributed by atoms with van der Waals surface area (Å²) in [6.45, 7) is 9.35. The molecule has 4 heteroatoms. The second-order valence-corrected chi connectivity index (χ2v) is 6.02. The molecule has 0 saturated carbocycles. The van der Waals surface area contributed by atoms with Gasteiger partial charge >= 0.3 is 0 Å². The molecule has 0 aliphatic carbocycles. The number of aromatic nitrogens is 2. The highest BCUT2D eigenvalue weighted by atomic mass is 32.1. The van der Waals surface area contributed by atoms with Crippen molar-refractivity contribution in [2.45, 2.75) is 40.2 Å². The van der Waals surface area contributed by atoms with Crippen molar-refractivity contribution in [3.63, 3.8) is 0 Å². The van der Waals surface area contributed by atoms with Gasteiger partial charge in [-0.2, -0.15) is 10.2 Å². The van der Waals surface area contributed by atoms with Gasteiger partial charge in [0, 0.05) is 4.88 Å². The maximum absolute atomic E-state index is 4.25. The summed E-state index contributed by atoms with van der Waals surface area (Å²) < 4.78 is 0. The Hall–Kier alpha value is -1.26. The number of nitrogens with zero attached hydrogens (tertiary/aromatic N) is 2. The van der Waals surface area contributed by atoms with E-state index < -0.39 is 0 Å². The fourth-order valence-corrected chi connectivity index (χ4v) is 2.90. The standard InChI is InChI=1S/C15H21N3S/c1-5-6-16-15(13-8-11(3)19-9-13)14-7-10(2)17-18-12(14)4/h7-9,15-16H,5-6H2,1-4H3. The van der Waals surface area contributed by atoms with E-state index in [2.05, 4.69) is 46.9 Å². The highest BCUT2D eigenvalue weighted by molar-refractivity contribution is 7.10. The smallest absolute Gasteiger partial charge is 0.0651 e. The third-order valence-electron chi connectivity index (χ3n) is 3.13. The van der Waals surface area contributed by atoms with Crippen LogP contribution >= 0.6 is 11.3 Å². The van der Waals surface area contributed by atoms with Gasteiger partial charge < -0.3 is 5.32 Å². The fourth-order valence-electron chi connectivity index (χ4n) is 2.17. The van der Waals surface area contributed by atoms with E-state index in [4.69, 9.17) is 0 Å². The Labute approximate surface area is 119 Å². The van der Waals surface area contributed by atoms with Gasteiger partial charge in [0.2, 0.25) is 0 Å². The molecule has 2 aromatic heterocycles. The van der Waals surface area contributed by atoms with Crippen LogP contribution in [0.25, 0.3) is 0 Å². The van der Waals surface area contributed by atoms with Crippen LogP contribution in [0.4, 0.5) is 0 Å². The van der Waals surface area contributed by atoms with Crippen LogP contribution < -0.4 is 5.32 Å². The van der Waals surface area contributed by atoms with E-state index >= 15 is 0 Å². The summed E-state index contributed by atoms with van der Waals surface area (Å²) in [5.41, 5.74) is 4.53. The summed E-state index contributed by atoms with van der Waals surface area (Å²) in [5, 5.41) is 14.2. The summed E-state index contributed by atoms with van der Waals surface area (Å²) in [5.74, 6) is 0. The number of hydrogen-bond donors (Lipinski definition) is 1. The number of thiophene rings is 1. The molecule has 102 valence electrons. The summed E-state index contributed by atoms with van der Waals surface area (Å²) in [6.07, 6.45) is 1.12. The van der Waals surface area contributed by atoms with E-state index in [9.17, 15) is 0 Å². The number of aryl methyl sites for hydroxylation is 3. The molecule has 1 N–H and O–H groups in total. The minimum Gasteiger partial charge on any atom is -0.306 e. The van der Waals surface area contributed by atoms with Gasteiger partial charge in [-0.15, -0.1) is 11.3 Å². The van der Waals surface area contributed by atoms with Crippen LogP contribution in [0, 0.1) is 20.8 Å². The lowest BCUT2D eigenvalue weighted by molar-refractivity contribution is 0.592. The summed E-state index contributed by atoms with van der Waals surface area (Å²) in [4.78, 5) is 1.34. The molecule has 0 amide bonds. The Kier molecular flexibility index (Phi) is 4.66. The van der Waals surface area contributed by atoms with Crippen LogP contribution in [0.15, 0.2) is 17.5 Å². The largest absolute Gasteiger partial charge is 0.306 e. The second-order valence-electron chi connectivity index (χ2n) is 4.90. The van der Waals surface area contributed by atoms with E-state index in [0.717, 1.165) is 24.4 Å². The maximum atomic E-state index is 4.25. The topological polar surface area (TPSA) is 37.8 Å². The molecular formula is C15H21N3S. The predicted molar refractivity (Wildman–Crippen MR) is 80.7 cm³/mol. The Morgan fingerprint density at radius 2 is 2.00 bits per heavy atom. The third kappa shape index (κ3) is 3.39. The van der Waals surface area contributed by atoms with Crippen molar-refractivity contribution in [1.82, 2.24) is 15.5 Å². The first-order chi connectivity index (χ1) is 9.11. The molecule has 2 heterocycles. The fraction of sp³-hybridized carbons (Fsp3) is 0.467. The number of hydrogen-bond acceptors (Lipinski definition) is 4. The summed E-state index contributed by atoms with van der Waals surface area (Å²) in [7, 11) is 0. The van der Waals surface area contributed by atoms with Crippen LogP contribution in [-0.2, 0) is 0 Å². The highest BCUT2D eigenvalue weighted by Crippen LogP contribution is 2.27. The van der Waals surface area contributed by atoms with E-state index in [1.54, 1.807) is 11.3 Å². The van der Waals surface area contributed by atoms with Gasteiger partial charge in [-0.3, -0.25) is 0 Å². The van der Waals surface area contributed by atoms with Crippen molar-refractivity contribution in [3.8, 4) is 0 Å². The molecular weight excluding hydrogens is 254 g/mol. The quantitative estimate of drug-likeness (QED) is 0.906. The molecule has 1 unspecified atom stereocenters. The summed E-state index contributed by atoms with van der Waals surface area (Å²) in [6, 6.07) is 4.62. The lowest BCUT2D eigenvalue weighted by Crippen LogP contribution is -2.24. The molecule has 0 aromatic carbocycles. The monoisotopic (exact) mass is 275 g/mol. The Morgan fingerprint density at radius 1 is 1.21 bits per heavy atom. The van der Waals surface area contributed by atoms with Gasteiger partial charge in [-0.05, 0) is 62.4 Å². The van der Waals surface area contributed by atoms with Crippen molar-refractivity contribution < 1.29 is 0 Å². The van der Waals surface area contributed by atoms with E-state index in [1.807, 2.05) is 13.8 Å². The molecule has 0 spiro atoms. The Morgan fingerprint density at radius 3 is 2.63 bits per heavy atom. The van der Waals surface area contributed by atoms with E-state index in [-0.39, 0.29) is 6.04 Å². The number of rotatable bonds is 5. The van der Waals surface area contributed by atoms with Gasteiger partial charge in [-0.25, -0.2) is 0 Å². The van der Waals surface area contributed by atoms with Crippen LogP contribution in [0.1, 0.15) is 46.8 Å². The van der Waals surface area contributed by atoms with Gasteiger partial charge in [0.25, 0.3) is 0 Å². The van der Waals surface area contributed by atoms with Crippen molar-refractivity contribution in [1.29, 1.82) is 0 Å². The minimum atomic E-state index is 0.221. The van der Waals surface area contributed by atoms with Gasteiger partial charge in [0.05, 0.1) is 17.4 Å². The highest BCUT2D eigenvalue weighted by Gasteiger charge is 2.17. The first kappa shape index (κ1) is 14.2. The molecule has 3 nitrogen and oxygen atoms in total. The zero-order chi connectivity index (χ0) is 13.8. The average molecular weight is 275 g/mol. The lowest BCUT2D eigenvalue weighted by atomic mass is 9.99. The SMILES string of the molecule is CCCNC(c1csc(C)c1)c1cc(C)nnc1C. The van der Waals surface area contributed by atoms with Gasteiger partial charge in [0.15, 0.2) is 0 Å². The van der Waals surface area contributed by atoms with Crippen LogP contribution in [0.5, 0.6) is 0 Å². The Bertz CT molecular complexity index is 548. The predicted octanol–water partition coefficient (Wildman–Crippen LogP) is 3.55. The maximum Gasteiger partial charge on any atom is 0.0651 e.